The smallest absolute Gasteiger partial charge is 0.137 e. The standard InChI is InChI=1S/C19H30O3/c1-18-6-3-4-13(18)12-9-15(21)14-8-11(20)5-7-19(14,2)17(12)16(22)10-18/h11-15,17,20-21H,3-10H2,1-2H3. The van der Waals surface area contributed by atoms with E-state index >= 15 is 0 Å². The average Bonchev–Trinajstić information content (AvgIpc) is 2.82. The van der Waals surface area contributed by atoms with E-state index < -0.39 is 0 Å². The van der Waals surface area contributed by atoms with Crippen molar-refractivity contribution in [3.8, 4) is 0 Å². The zero-order chi connectivity index (χ0) is 15.7. The Bertz CT molecular complexity index is 489. The predicted molar refractivity (Wildman–Crippen MR) is 84.1 cm³/mol. The van der Waals surface area contributed by atoms with Crippen LogP contribution >= 0.6 is 0 Å². The minimum absolute atomic E-state index is 0.0947. The maximum atomic E-state index is 13.1. The van der Waals surface area contributed by atoms with Gasteiger partial charge in [-0.1, -0.05) is 20.3 Å². The maximum Gasteiger partial charge on any atom is 0.137 e. The molecule has 8 atom stereocenters. The molecule has 4 rings (SSSR count). The second-order valence-corrected chi connectivity index (χ2v) is 9.28. The van der Waals surface area contributed by atoms with Gasteiger partial charge in [-0.25, -0.2) is 0 Å². The number of rotatable bonds is 0. The van der Waals surface area contributed by atoms with Crippen LogP contribution in [0.25, 0.3) is 0 Å². The number of hydrogen-bond donors (Lipinski definition) is 2. The summed E-state index contributed by atoms with van der Waals surface area (Å²) in [6, 6.07) is 0. The van der Waals surface area contributed by atoms with Crippen LogP contribution in [0.3, 0.4) is 0 Å². The lowest BCUT2D eigenvalue weighted by molar-refractivity contribution is -0.177. The molecule has 0 bridgehead atoms. The van der Waals surface area contributed by atoms with Gasteiger partial charge in [0.05, 0.1) is 12.2 Å². The molecule has 0 heterocycles. The van der Waals surface area contributed by atoms with Gasteiger partial charge < -0.3 is 10.2 Å². The summed E-state index contributed by atoms with van der Waals surface area (Å²) in [5.74, 6) is 1.69. The molecule has 0 amide bonds. The number of carbonyl (C=O) groups is 1. The molecule has 22 heavy (non-hydrogen) atoms. The van der Waals surface area contributed by atoms with E-state index in [0.717, 1.165) is 25.7 Å². The first kappa shape index (κ1) is 15.1. The van der Waals surface area contributed by atoms with Crippen LogP contribution in [0.15, 0.2) is 0 Å². The van der Waals surface area contributed by atoms with Gasteiger partial charge in [-0.3, -0.25) is 4.79 Å². The molecule has 2 N–H and O–H groups in total. The van der Waals surface area contributed by atoms with Crippen LogP contribution in [-0.4, -0.2) is 28.2 Å². The average molecular weight is 306 g/mol. The number of ketones is 1. The minimum Gasteiger partial charge on any atom is -0.393 e. The number of carbonyl (C=O) groups excluding carboxylic acids is 1. The second-order valence-electron chi connectivity index (χ2n) is 9.28. The fourth-order valence-corrected chi connectivity index (χ4v) is 7.12. The van der Waals surface area contributed by atoms with Crippen LogP contribution in [0.1, 0.15) is 65.2 Å². The Morgan fingerprint density at radius 3 is 2.59 bits per heavy atom. The minimum atomic E-state index is -0.336. The maximum absolute atomic E-state index is 13.1. The second kappa shape index (κ2) is 4.80. The molecule has 4 fully saturated rings. The van der Waals surface area contributed by atoms with Crippen molar-refractivity contribution >= 4 is 5.78 Å². The van der Waals surface area contributed by atoms with Crippen LogP contribution in [0.2, 0.25) is 0 Å². The molecule has 0 aromatic heterocycles. The summed E-state index contributed by atoms with van der Waals surface area (Å²) >= 11 is 0. The Hall–Kier alpha value is -0.410. The van der Waals surface area contributed by atoms with Crippen molar-refractivity contribution in [2.24, 2.45) is 34.5 Å². The number of Topliss-reactive ketones (excluding diaryl/α,β-unsaturated/α-hetero) is 1. The highest BCUT2D eigenvalue weighted by Crippen LogP contribution is 2.65. The van der Waals surface area contributed by atoms with Crippen LogP contribution in [0, 0.1) is 34.5 Å². The predicted octanol–water partition coefficient (Wildman–Crippen LogP) is 2.93. The molecule has 8 unspecified atom stereocenters. The molecule has 0 aromatic rings. The fourth-order valence-electron chi connectivity index (χ4n) is 7.12. The fraction of sp³-hybridized carbons (Fsp3) is 0.947. The summed E-state index contributed by atoms with van der Waals surface area (Å²) in [5, 5.41) is 20.8. The SMILES string of the molecule is CC12CCCC1C1CC(O)C3CC(O)CCC3(C)C1C(=O)C2. The van der Waals surface area contributed by atoms with E-state index in [9.17, 15) is 15.0 Å². The number of fused-ring (bicyclic) bond motifs is 5. The highest BCUT2D eigenvalue weighted by molar-refractivity contribution is 5.84. The van der Waals surface area contributed by atoms with Crippen molar-refractivity contribution in [1.29, 1.82) is 0 Å². The Morgan fingerprint density at radius 1 is 1.05 bits per heavy atom. The molecular formula is C19H30O3. The Labute approximate surface area is 133 Å². The molecule has 0 saturated heterocycles. The quantitative estimate of drug-likeness (QED) is 0.723. The van der Waals surface area contributed by atoms with Gasteiger partial charge in [0.1, 0.15) is 5.78 Å². The van der Waals surface area contributed by atoms with Crippen LogP contribution in [0.5, 0.6) is 0 Å². The van der Waals surface area contributed by atoms with Gasteiger partial charge >= 0.3 is 0 Å². The monoisotopic (exact) mass is 306 g/mol. The largest absolute Gasteiger partial charge is 0.393 e. The van der Waals surface area contributed by atoms with E-state index in [4.69, 9.17) is 0 Å². The molecule has 4 saturated carbocycles. The number of hydrogen-bond acceptors (Lipinski definition) is 3. The van der Waals surface area contributed by atoms with Gasteiger partial charge in [-0.15, -0.1) is 0 Å². The van der Waals surface area contributed by atoms with E-state index in [1.165, 1.54) is 19.3 Å². The van der Waals surface area contributed by atoms with E-state index in [0.29, 0.717) is 24.0 Å². The normalized spacial score (nSPS) is 57.9. The van der Waals surface area contributed by atoms with Gasteiger partial charge in [0.25, 0.3) is 0 Å². The van der Waals surface area contributed by atoms with E-state index in [1.807, 2.05) is 0 Å². The zero-order valence-electron chi connectivity index (χ0n) is 13.9. The lowest BCUT2D eigenvalue weighted by Gasteiger charge is -2.60. The van der Waals surface area contributed by atoms with Gasteiger partial charge in [0.2, 0.25) is 0 Å². The molecule has 0 aromatic carbocycles. The van der Waals surface area contributed by atoms with Crippen molar-refractivity contribution in [2.75, 3.05) is 0 Å². The van der Waals surface area contributed by atoms with E-state index in [-0.39, 0.29) is 34.9 Å². The first-order valence-corrected chi connectivity index (χ1v) is 9.24. The summed E-state index contributed by atoms with van der Waals surface area (Å²) in [6.07, 6.45) is 6.93. The Kier molecular flexibility index (Phi) is 3.30. The Balaban J connectivity index is 1.73. The third kappa shape index (κ3) is 1.91. The summed E-state index contributed by atoms with van der Waals surface area (Å²) in [5.41, 5.74) is 0.0952. The lowest BCUT2D eigenvalue weighted by atomic mass is 9.44. The Morgan fingerprint density at radius 2 is 1.82 bits per heavy atom. The molecule has 4 aliphatic rings. The molecule has 3 heteroatoms. The molecule has 0 aliphatic heterocycles. The van der Waals surface area contributed by atoms with Gasteiger partial charge in [-0.05, 0) is 67.1 Å². The molecule has 0 spiro atoms. The molecule has 124 valence electrons. The van der Waals surface area contributed by atoms with E-state index in [2.05, 4.69) is 13.8 Å². The zero-order valence-corrected chi connectivity index (χ0v) is 13.9. The summed E-state index contributed by atoms with van der Waals surface area (Å²) in [7, 11) is 0. The summed E-state index contributed by atoms with van der Waals surface area (Å²) in [4.78, 5) is 13.1. The van der Waals surface area contributed by atoms with Crippen LogP contribution in [-0.2, 0) is 4.79 Å². The van der Waals surface area contributed by atoms with Crippen molar-refractivity contribution in [3.63, 3.8) is 0 Å². The lowest BCUT2D eigenvalue weighted by Crippen LogP contribution is -2.60. The molecule has 0 radical (unpaired) electrons. The summed E-state index contributed by atoms with van der Waals surface area (Å²) in [6.45, 7) is 4.54. The van der Waals surface area contributed by atoms with Crippen LogP contribution < -0.4 is 0 Å². The van der Waals surface area contributed by atoms with Crippen LogP contribution in [0.4, 0.5) is 0 Å². The van der Waals surface area contributed by atoms with Gasteiger partial charge in [0, 0.05) is 12.3 Å². The van der Waals surface area contributed by atoms with Crippen molar-refractivity contribution < 1.29 is 15.0 Å². The topological polar surface area (TPSA) is 57.5 Å². The van der Waals surface area contributed by atoms with Crippen molar-refractivity contribution in [1.82, 2.24) is 0 Å². The number of aliphatic hydroxyl groups excluding tert-OH is 2. The third-order valence-electron chi connectivity index (χ3n) is 8.11. The summed E-state index contributed by atoms with van der Waals surface area (Å²) < 4.78 is 0. The molecule has 4 aliphatic carbocycles. The first-order chi connectivity index (χ1) is 10.3. The third-order valence-corrected chi connectivity index (χ3v) is 8.11. The van der Waals surface area contributed by atoms with E-state index in [1.54, 1.807) is 0 Å². The van der Waals surface area contributed by atoms with Crippen molar-refractivity contribution in [3.05, 3.63) is 0 Å². The highest BCUT2D eigenvalue weighted by Gasteiger charge is 2.63. The van der Waals surface area contributed by atoms with Crippen molar-refractivity contribution in [2.45, 2.75) is 77.4 Å². The molecular weight excluding hydrogens is 276 g/mol. The number of aliphatic hydroxyl groups is 2. The van der Waals surface area contributed by atoms with Gasteiger partial charge in [0.15, 0.2) is 0 Å². The highest BCUT2D eigenvalue weighted by atomic mass is 16.3. The first-order valence-electron chi connectivity index (χ1n) is 9.24. The van der Waals surface area contributed by atoms with Gasteiger partial charge in [-0.2, -0.15) is 0 Å². The molecule has 3 nitrogen and oxygen atoms in total.